The lowest BCUT2D eigenvalue weighted by Crippen LogP contribution is -2.37. The monoisotopic (exact) mass is 365 g/mol. The zero-order valence-electron chi connectivity index (χ0n) is 14.9. The normalized spacial score (nSPS) is 17.1. The van der Waals surface area contributed by atoms with Gasteiger partial charge in [-0.1, -0.05) is 12.1 Å². The molecule has 1 aliphatic heterocycles. The second-order valence-corrected chi connectivity index (χ2v) is 6.62. The molecule has 0 aliphatic carbocycles. The molecule has 0 N–H and O–H groups in total. The predicted octanol–water partition coefficient (Wildman–Crippen LogP) is 2.79. The first kappa shape index (κ1) is 17.1. The third-order valence-electron chi connectivity index (χ3n) is 4.69. The van der Waals surface area contributed by atoms with Crippen molar-refractivity contribution in [1.82, 2.24) is 24.7 Å². The minimum atomic E-state index is -0.409. The second kappa shape index (κ2) is 7.10. The van der Waals surface area contributed by atoms with Gasteiger partial charge in [-0.05, 0) is 19.8 Å². The van der Waals surface area contributed by atoms with E-state index in [1.165, 1.54) is 12.1 Å². The Balaban J connectivity index is 1.64. The molecule has 1 atom stereocenters. The molecule has 0 spiro atoms. The van der Waals surface area contributed by atoms with Crippen molar-refractivity contribution in [2.24, 2.45) is 0 Å². The number of hydrogen-bond acceptors (Lipinski definition) is 7. The molecule has 27 heavy (non-hydrogen) atoms. The van der Waals surface area contributed by atoms with Crippen molar-refractivity contribution in [3.63, 3.8) is 0 Å². The average Bonchev–Trinajstić information content (AvgIpc) is 3.22. The Kier molecular flexibility index (Phi) is 4.49. The Morgan fingerprint density at radius 3 is 2.93 bits per heavy atom. The quantitative estimate of drug-likeness (QED) is 0.517. The van der Waals surface area contributed by atoms with E-state index < -0.39 is 4.92 Å². The van der Waals surface area contributed by atoms with Crippen LogP contribution in [-0.2, 0) is 0 Å². The predicted molar refractivity (Wildman–Crippen MR) is 99.4 cm³/mol. The zero-order valence-corrected chi connectivity index (χ0v) is 14.9. The van der Waals surface area contributed by atoms with Crippen molar-refractivity contribution in [2.75, 3.05) is 18.0 Å². The van der Waals surface area contributed by atoms with Crippen LogP contribution in [0.2, 0.25) is 0 Å². The highest BCUT2D eigenvalue weighted by molar-refractivity contribution is 5.61. The molecule has 9 heteroatoms. The summed E-state index contributed by atoms with van der Waals surface area (Å²) >= 11 is 0. The number of nitrogens with zero attached hydrogens (tertiary/aromatic N) is 7. The molecule has 0 radical (unpaired) electrons. The minimum absolute atomic E-state index is 0.0309. The van der Waals surface area contributed by atoms with Crippen LogP contribution in [-0.4, -0.2) is 42.7 Å². The summed E-state index contributed by atoms with van der Waals surface area (Å²) in [5.74, 6) is 1.32. The molecule has 3 heterocycles. The van der Waals surface area contributed by atoms with E-state index in [0.717, 1.165) is 37.4 Å². The first-order valence-corrected chi connectivity index (χ1v) is 8.80. The van der Waals surface area contributed by atoms with Crippen LogP contribution < -0.4 is 4.90 Å². The third-order valence-corrected chi connectivity index (χ3v) is 4.69. The number of benzene rings is 1. The first-order valence-electron chi connectivity index (χ1n) is 8.80. The SMILES string of the molecule is Cc1cc(N2CCCC(n3cncn3)C2)nc(-c2cccc([N+](=O)[O-])c2)n1. The molecule has 2 aromatic heterocycles. The molecule has 3 aromatic rings. The van der Waals surface area contributed by atoms with Gasteiger partial charge in [-0.15, -0.1) is 0 Å². The summed E-state index contributed by atoms with van der Waals surface area (Å²) in [5, 5.41) is 15.3. The molecule has 0 bridgehead atoms. The van der Waals surface area contributed by atoms with E-state index in [4.69, 9.17) is 4.98 Å². The van der Waals surface area contributed by atoms with Crippen LogP contribution >= 0.6 is 0 Å². The van der Waals surface area contributed by atoms with Crippen molar-refractivity contribution in [1.29, 1.82) is 0 Å². The van der Waals surface area contributed by atoms with Crippen molar-refractivity contribution >= 4 is 11.5 Å². The lowest BCUT2D eigenvalue weighted by Gasteiger charge is -2.33. The van der Waals surface area contributed by atoms with Gasteiger partial charge in [0.1, 0.15) is 18.5 Å². The number of aromatic nitrogens is 5. The number of nitro groups is 1. The van der Waals surface area contributed by atoms with Crippen molar-refractivity contribution < 1.29 is 4.92 Å². The van der Waals surface area contributed by atoms with Gasteiger partial charge in [-0.3, -0.25) is 10.1 Å². The molecule has 138 valence electrons. The highest BCUT2D eigenvalue weighted by Gasteiger charge is 2.23. The van der Waals surface area contributed by atoms with E-state index in [0.29, 0.717) is 11.4 Å². The van der Waals surface area contributed by atoms with Gasteiger partial charge >= 0.3 is 0 Å². The van der Waals surface area contributed by atoms with Gasteiger partial charge in [0.2, 0.25) is 0 Å². The first-order chi connectivity index (χ1) is 13.1. The summed E-state index contributed by atoms with van der Waals surface area (Å²) < 4.78 is 1.89. The maximum Gasteiger partial charge on any atom is 0.270 e. The van der Waals surface area contributed by atoms with Crippen LogP contribution in [0.15, 0.2) is 43.0 Å². The molecule has 4 rings (SSSR count). The van der Waals surface area contributed by atoms with Gasteiger partial charge in [0.25, 0.3) is 5.69 Å². The number of aryl methyl sites for hydroxylation is 1. The molecule has 1 aromatic carbocycles. The molecular weight excluding hydrogens is 346 g/mol. The number of hydrogen-bond donors (Lipinski definition) is 0. The molecule has 1 unspecified atom stereocenters. The average molecular weight is 365 g/mol. The standard InChI is InChI=1S/C18H19N7O2/c1-13-8-17(23-7-3-6-16(10-23)24-12-19-11-20-24)22-18(21-13)14-4-2-5-15(9-14)25(26)27/h2,4-5,8-9,11-12,16H,3,6-7,10H2,1H3. The number of nitro benzene ring substituents is 1. The van der Waals surface area contributed by atoms with Crippen molar-refractivity contribution in [3.05, 3.63) is 58.8 Å². The van der Waals surface area contributed by atoms with E-state index >= 15 is 0 Å². The van der Waals surface area contributed by atoms with Crippen LogP contribution in [0.5, 0.6) is 0 Å². The van der Waals surface area contributed by atoms with Gasteiger partial charge in [0.05, 0.1) is 11.0 Å². The molecule has 1 fully saturated rings. The topological polar surface area (TPSA) is 103 Å². The van der Waals surface area contributed by atoms with Crippen LogP contribution in [0.1, 0.15) is 24.6 Å². The number of piperidine rings is 1. The second-order valence-electron chi connectivity index (χ2n) is 6.62. The van der Waals surface area contributed by atoms with E-state index in [1.807, 2.05) is 17.7 Å². The van der Waals surface area contributed by atoms with Crippen LogP contribution in [0.25, 0.3) is 11.4 Å². The summed E-state index contributed by atoms with van der Waals surface area (Å²) in [4.78, 5) is 26.1. The van der Waals surface area contributed by atoms with Crippen molar-refractivity contribution in [2.45, 2.75) is 25.8 Å². The Morgan fingerprint density at radius 2 is 2.15 bits per heavy atom. The fourth-order valence-electron chi connectivity index (χ4n) is 3.39. The Hall–Kier alpha value is -3.36. The van der Waals surface area contributed by atoms with Crippen LogP contribution in [0.4, 0.5) is 11.5 Å². The highest BCUT2D eigenvalue weighted by atomic mass is 16.6. The fraction of sp³-hybridized carbons (Fsp3) is 0.333. The molecule has 1 saturated heterocycles. The Labute approximate surface area is 155 Å². The van der Waals surface area contributed by atoms with Gasteiger partial charge in [0, 0.05) is 42.5 Å². The summed E-state index contributed by atoms with van der Waals surface area (Å²) in [7, 11) is 0. The molecule has 0 saturated carbocycles. The number of rotatable bonds is 4. The molecule has 9 nitrogen and oxygen atoms in total. The minimum Gasteiger partial charge on any atom is -0.354 e. The number of anilines is 1. The van der Waals surface area contributed by atoms with Crippen molar-refractivity contribution in [3.8, 4) is 11.4 Å². The molecule has 1 aliphatic rings. The van der Waals surface area contributed by atoms with E-state index in [-0.39, 0.29) is 11.7 Å². The summed E-state index contributed by atoms with van der Waals surface area (Å²) in [6.07, 6.45) is 5.36. The van der Waals surface area contributed by atoms with Gasteiger partial charge in [-0.2, -0.15) is 5.10 Å². The van der Waals surface area contributed by atoms with Gasteiger partial charge in [0.15, 0.2) is 5.82 Å². The largest absolute Gasteiger partial charge is 0.354 e. The highest BCUT2D eigenvalue weighted by Crippen LogP contribution is 2.27. The Morgan fingerprint density at radius 1 is 1.26 bits per heavy atom. The zero-order chi connectivity index (χ0) is 18.8. The summed E-state index contributed by atoms with van der Waals surface area (Å²) in [6, 6.07) is 8.61. The van der Waals surface area contributed by atoms with E-state index in [9.17, 15) is 10.1 Å². The smallest absolute Gasteiger partial charge is 0.270 e. The van der Waals surface area contributed by atoms with Crippen LogP contribution in [0, 0.1) is 17.0 Å². The lowest BCUT2D eigenvalue weighted by molar-refractivity contribution is -0.384. The molecular formula is C18H19N7O2. The third kappa shape index (κ3) is 3.62. The van der Waals surface area contributed by atoms with Gasteiger partial charge in [-0.25, -0.2) is 19.6 Å². The lowest BCUT2D eigenvalue weighted by atomic mass is 10.1. The van der Waals surface area contributed by atoms with E-state index in [2.05, 4.69) is 20.0 Å². The van der Waals surface area contributed by atoms with E-state index in [1.54, 1.807) is 24.8 Å². The Bertz CT molecular complexity index is 958. The fourth-order valence-corrected chi connectivity index (χ4v) is 3.39. The summed E-state index contributed by atoms with van der Waals surface area (Å²) in [6.45, 7) is 3.59. The maximum absolute atomic E-state index is 11.1. The molecule has 0 amide bonds. The summed E-state index contributed by atoms with van der Waals surface area (Å²) in [5.41, 5.74) is 1.49. The van der Waals surface area contributed by atoms with Gasteiger partial charge < -0.3 is 4.90 Å². The van der Waals surface area contributed by atoms with Crippen LogP contribution in [0.3, 0.4) is 0 Å². The maximum atomic E-state index is 11.1. The number of non-ortho nitro benzene ring substituents is 1.